The molecule has 2 bridgehead atoms. The monoisotopic (exact) mass is 326 g/mol. The maximum atomic E-state index is 12.9. The number of anilines is 1. The molecule has 0 aromatic heterocycles. The Kier molecular flexibility index (Phi) is 2.82. The second kappa shape index (κ2) is 4.44. The highest BCUT2D eigenvalue weighted by Crippen LogP contribution is 2.47. The number of hydrogen-bond acceptors (Lipinski definition) is 2. The predicted molar refractivity (Wildman–Crippen MR) is 78.3 cm³/mol. The first-order valence-electron chi connectivity index (χ1n) is 7.21. The molecule has 7 heteroatoms. The molecule has 2 unspecified atom stereocenters. The lowest BCUT2D eigenvalue weighted by Gasteiger charge is -2.28. The molecular weight excluding hydrogens is 313 g/mol. The second-order valence-corrected chi connectivity index (χ2v) is 6.45. The zero-order valence-corrected chi connectivity index (χ0v) is 12.3. The van der Waals surface area contributed by atoms with E-state index in [0.29, 0.717) is 5.11 Å². The third-order valence-corrected chi connectivity index (χ3v) is 5.30. The molecule has 3 nitrogen and oxygen atoms in total. The van der Waals surface area contributed by atoms with Gasteiger partial charge in [-0.05, 0) is 55.6 Å². The molecule has 2 heterocycles. The number of halogens is 3. The van der Waals surface area contributed by atoms with Crippen LogP contribution in [0.15, 0.2) is 24.3 Å². The number of alkyl halides is 3. The van der Waals surface area contributed by atoms with Crippen LogP contribution in [-0.2, 0) is 11.0 Å². The Hall–Kier alpha value is -1.63. The third-order valence-electron chi connectivity index (χ3n) is 4.90. The Morgan fingerprint density at radius 3 is 2.68 bits per heavy atom. The fraction of sp³-hybridized carbons (Fsp3) is 0.467. The van der Waals surface area contributed by atoms with Crippen molar-refractivity contribution in [2.24, 2.45) is 5.92 Å². The highest BCUT2D eigenvalue weighted by molar-refractivity contribution is 7.80. The standard InChI is InChI=1S/C15H13F3N2OS/c16-15(17,18)9-2-1-3-10(7-9)20-13(21)12-8-4-5-11(6-8)19(12)14(20)22/h1-3,7-8,11-12H,4-6H2/t8?,11?,12-/m1/s1. The van der Waals surface area contributed by atoms with Crippen LogP contribution in [0.3, 0.4) is 0 Å². The van der Waals surface area contributed by atoms with Crippen LogP contribution in [0.25, 0.3) is 0 Å². The van der Waals surface area contributed by atoms with E-state index >= 15 is 0 Å². The van der Waals surface area contributed by atoms with Crippen molar-refractivity contribution in [1.29, 1.82) is 0 Å². The molecule has 4 rings (SSSR count). The van der Waals surface area contributed by atoms with Gasteiger partial charge >= 0.3 is 6.18 Å². The summed E-state index contributed by atoms with van der Waals surface area (Å²) in [7, 11) is 0. The van der Waals surface area contributed by atoms with Gasteiger partial charge < -0.3 is 4.90 Å². The minimum absolute atomic E-state index is 0.184. The largest absolute Gasteiger partial charge is 0.416 e. The van der Waals surface area contributed by atoms with E-state index in [4.69, 9.17) is 12.2 Å². The Balaban J connectivity index is 1.72. The highest BCUT2D eigenvalue weighted by atomic mass is 32.1. The van der Waals surface area contributed by atoms with E-state index in [1.807, 2.05) is 4.90 Å². The van der Waals surface area contributed by atoms with Crippen molar-refractivity contribution in [3.63, 3.8) is 0 Å². The highest BCUT2D eigenvalue weighted by Gasteiger charge is 2.57. The molecular formula is C15H13F3N2OS. The van der Waals surface area contributed by atoms with E-state index in [-0.39, 0.29) is 29.6 Å². The van der Waals surface area contributed by atoms with Gasteiger partial charge in [-0.15, -0.1) is 0 Å². The van der Waals surface area contributed by atoms with Crippen LogP contribution in [0, 0.1) is 5.92 Å². The van der Waals surface area contributed by atoms with Crippen molar-refractivity contribution in [2.45, 2.75) is 37.5 Å². The van der Waals surface area contributed by atoms with Gasteiger partial charge in [-0.3, -0.25) is 9.69 Å². The molecule has 116 valence electrons. The minimum Gasteiger partial charge on any atom is -0.333 e. The molecule has 22 heavy (non-hydrogen) atoms. The van der Waals surface area contributed by atoms with Crippen molar-refractivity contribution >= 4 is 28.9 Å². The van der Waals surface area contributed by atoms with E-state index in [1.165, 1.54) is 17.0 Å². The molecule has 3 fully saturated rings. The molecule has 3 aliphatic rings. The third kappa shape index (κ3) is 1.81. The molecule has 0 spiro atoms. The molecule has 1 aromatic rings. The molecule has 0 radical (unpaired) electrons. The molecule has 1 aromatic carbocycles. The normalized spacial score (nSPS) is 30.4. The topological polar surface area (TPSA) is 23.6 Å². The zero-order valence-electron chi connectivity index (χ0n) is 11.5. The van der Waals surface area contributed by atoms with Gasteiger partial charge in [0.05, 0.1) is 11.3 Å². The van der Waals surface area contributed by atoms with E-state index in [1.54, 1.807) is 0 Å². The van der Waals surface area contributed by atoms with Gasteiger partial charge in [0.1, 0.15) is 6.04 Å². The maximum absolute atomic E-state index is 12.9. The fourth-order valence-electron chi connectivity index (χ4n) is 3.98. The van der Waals surface area contributed by atoms with Crippen molar-refractivity contribution in [3.8, 4) is 0 Å². The lowest BCUT2D eigenvalue weighted by molar-refractivity contribution is -0.137. The predicted octanol–water partition coefficient (Wildman–Crippen LogP) is 3.19. The molecule has 1 amide bonds. The SMILES string of the molecule is O=C1[C@H]2C3CCC(C3)N2C(=S)N1c1cccc(C(F)(F)F)c1. The summed E-state index contributed by atoms with van der Waals surface area (Å²) >= 11 is 5.39. The quantitative estimate of drug-likeness (QED) is 0.741. The summed E-state index contributed by atoms with van der Waals surface area (Å²) in [5.74, 6) is 0.0998. The first-order chi connectivity index (χ1) is 10.4. The molecule has 1 saturated carbocycles. The van der Waals surface area contributed by atoms with Crippen LogP contribution >= 0.6 is 12.2 Å². The van der Waals surface area contributed by atoms with Gasteiger partial charge in [0.2, 0.25) is 0 Å². The number of amides is 1. The second-order valence-electron chi connectivity index (χ2n) is 6.08. The van der Waals surface area contributed by atoms with Gasteiger partial charge in [0, 0.05) is 6.04 Å². The number of benzene rings is 1. The minimum atomic E-state index is -4.43. The van der Waals surface area contributed by atoms with Crippen LogP contribution in [-0.4, -0.2) is 28.0 Å². The molecule has 0 N–H and O–H groups in total. The number of thiocarbonyl (C=S) groups is 1. The summed E-state index contributed by atoms with van der Waals surface area (Å²) < 4.78 is 38.6. The van der Waals surface area contributed by atoms with Crippen molar-refractivity contribution in [1.82, 2.24) is 4.90 Å². The molecule has 2 saturated heterocycles. The van der Waals surface area contributed by atoms with Gasteiger partial charge in [-0.2, -0.15) is 13.2 Å². The number of hydrogen-bond donors (Lipinski definition) is 0. The summed E-state index contributed by atoms with van der Waals surface area (Å²) in [6, 6.07) is 4.80. The van der Waals surface area contributed by atoms with Gasteiger partial charge in [-0.1, -0.05) is 6.07 Å². The lowest BCUT2D eigenvalue weighted by atomic mass is 9.99. The van der Waals surface area contributed by atoms with E-state index in [9.17, 15) is 18.0 Å². The van der Waals surface area contributed by atoms with Crippen molar-refractivity contribution in [2.75, 3.05) is 4.90 Å². The van der Waals surface area contributed by atoms with Gasteiger partial charge in [-0.25, -0.2) is 0 Å². The Labute approximate surface area is 130 Å². The van der Waals surface area contributed by atoms with Crippen molar-refractivity contribution < 1.29 is 18.0 Å². The van der Waals surface area contributed by atoms with E-state index in [0.717, 1.165) is 31.4 Å². The Morgan fingerprint density at radius 1 is 1.23 bits per heavy atom. The Bertz CT molecular complexity index is 647. The number of piperidine rings is 1. The lowest BCUT2D eigenvalue weighted by Crippen LogP contribution is -2.40. The van der Waals surface area contributed by atoms with Crippen LogP contribution in [0.4, 0.5) is 18.9 Å². The number of carbonyl (C=O) groups excluding carboxylic acids is 1. The van der Waals surface area contributed by atoms with Crippen LogP contribution in [0.5, 0.6) is 0 Å². The zero-order chi connectivity index (χ0) is 15.6. The molecule has 2 aliphatic heterocycles. The molecule has 1 aliphatic carbocycles. The number of fused-ring (bicyclic) bond motifs is 5. The maximum Gasteiger partial charge on any atom is 0.416 e. The van der Waals surface area contributed by atoms with Crippen LogP contribution in [0.1, 0.15) is 24.8 Å². The summed E-state index contributed by atoms with van der Waals surface area (Å²) in [6.07, 6.45) is -1.47. The average Bonchev–Trinajstić information content (AvgIpc) is 3.12. The van der Waals surface area contributed by atoms with Gasteiger partial charge in [0.25, 0.3) is 5.91 Å². The number of rotatable bonds is 1. The first kappa shape index (κ1) is 14.0. The Morgan fingerprint density at radius 2 is 2.00 bits per heavy atom. The van der Waals surface area contributed by atoms with Gasteiger partial charge in [0.15, 0.2) is 5.11 Å². The summed E-state index contributed by atoms with van der Waals surface area (Å²) in [4.78, 5) is 15.9. The number of nitrogens with zero attached hydrogens (tertiary/aromatic N) is 2. The smallest absolute Gasteiger partial charge is 0.333 e. The summed E-state index contributed by atoms with van der Waals surface area (Å²) in [5.41, 5.74) is -0.561. The average molecular weight is 326 g/mol. The molecule has 3 atom stereocenters. The first-order valence-corrected chi connectivity index (χ1v) is 7.62. The van der Waals surface area contributed by atoms with Crippen LogP contribution < -0.4 is 4.90 Å². The number of carbonyl (C=O) groups is 1. The van der Waals surface area contributed by atoms with E-state index in [2.05, 4.69) is 0 Å². The van der Waals surface area contributed by atoms with Crippen molar-refractivity contribution in [3.05, 3.63) is 29.8 Å². The summed E-state index contributed by atoms with van der Waals surface area (Å²) in [6.45, 7) is 0. The van der Waals surface area contributed by atoms with Crippen LogP contribution in [0.2, 0.25) is 0 Å². The summed E-state index contributed by atoms with van der Waals surface area (Å²) in [5, 5.41) is 0.349. The van der Waals surface area contributed by atoms with E-state index < -0.39 is 11.7 Å². The fourth-order valence-corrected chi connectivity index (χ4v) is 4.44.